The van der Waals surface area contributed by atoms with Gasteiger partial charge in [0, 0.05) is 10.0 Å². The van der Waals surface area contributed by atoms with Gasteiger partial charge in [0.25, 0.3) is 5.91 Å². The topological polar surface area (TPSA) is 78.4 Å². The highest BCUT2D eigenvalue weighted by atomic mass is 79.9. The van der Waals surface area contributed by atoms with Crippen LogP contribution in [0.15, 0.2) is 46.9 Å². The van der Waals surface area contributed by atoms with Gasteiger partial charge in [0.2, 0.25) is 0 Å². The van der Waals surface area contributed by atoms with Crippen molar-refractivity contribution < 1.29 is 14.7 Å². The van der Waals surface area contributed by atoms with E-state index in [2.05, 4.69) is 47.3 Å². The van der Waals surface area contributed by atoms with Crippen LogP contribution in [0, 0.1) is 0 Å². The summed E-state index contributed by atoms with van der Waals surface area (Å²) in [5.41, 5.74) is 1.94. The minimum Gasteiger partial charge on any atom is -0.478 e. The number of nitrogens with one attached hydrogen (secondary N) is 2. The smallest absolute Gasteiger partial charge is 0.337 e. The molecule has 2 aromatic rings. The molecule has 0 aliphatic rings. The van der Waals surface area contributed by atoms with Crippen molar-refractivity contribution in [2.45, 2.75) is 26.2 Å². The van der Waals surface area contributed by atoms with Gasteiger partial charge in [-0.05, 0) is 53.5 Å². The predicted molar refractivity (Wildman–Crippen MR) is 110 cm³/mol. The second kappa shape index (κ2) is 7.97. The van der Waals surface area contributed by atoms with Crippen molar-refractivity contribution in [2.24, 2.45) is 0 Å². The van der Waals surface area contributed by atoms with Crippen molar-refractivity contribution in [1.29, 1.82) is 0 Å². The molecule has 136 valence electrons. The first-order valence-electron chi connectivity index (χ1n) is 7.83. The van der Waals surface area contributed by atoms with E-state index in [1.165, 1.54) is 6.07 Å². The first-order valence-corrected chi connectivity index (χ1v) is 9.04. The Morgan fingerprint density at radius 1 is 1.08 bits per heavy atom. The largest absolute Gasteiger partial charge is 0.478 e. The van der Waals surface area contributed by atoms with Crippen LogP contribution in [0.2, 0.25) is 0 Å². The number of thiocarbonyl (C=S) groups is 1. The van der Waals surface area contributed by atoms with Gasteiger partial charge in [-0.3, -0.25) is 10.1 Å². The molecule has 0 aromatic heterocycles. The number of aromatic carboxylic acids is 1. The highest BCUT2D eigenvalue weighted by molar-refractivity contribution is 9.10. The molecule has 2 aromatic carbocycles. The number of rotatable bonds is 3. The number of hydrogen-bond donors (Lipinski definition) is 3. The zero-order valence-electron chi connectivity index (χ0n) is 14.6. The van der Waals surface area contributed by atoms with Gasteiger partial charge in [0.1, 0.15) is 0 Å². The van der Waals surface area contributed by atoms with E-state index in [4.69, 9.17) is 12.2 Å². The fourth-order valence-electron chi connectivity index (χ4n) is 2.25. The van der Waals surface area contributed by atoms with E-state index in [1.54, 1.807) is 24.3 Å². The molecule has 7 heteroatoms. The minimum atomic E-state index is -1.10. The summed E-state index contributed by atoms with van der Waals surface area (Å²) in [5, 5.41) is 14.6. The first-order chi connectivity index (χ1) is 12.1. The zero-order chi connectivity index (χ0) is 19.5. The Bertz CT molecular complexity index is 858. The van der Waals surface area contributed by atoms with Crippen LogP contribution in [-0.2, 0) is 5.41 Å². The Morgan fingerprint density at radius 3 is 2.23 bits per heavy atom. The summed E-state index contributed by atoms with van der Waals surface area (Å²) in [6, 6.07) is 12.0. The second-order valence-corrected chi connectivity index (χ2v) is 8.05. The van der Waals surface area contributed by atoms with Crippen molar-refractivity contribution in [3.63, 3.8) is 0 Å². The van der Waals surface area contributed by atoms with Gasteiger partial charge in [-0.25, -0.2) is 4.79 Å². The lowest BCUT2D eigenvalue weighted by Crippen LogP contribution is -2.34. The van der Waals surface area contributed by atoms with Gasteiger partial charge < -0.3 is 10.4 Å². The lowest BCUT2D eigenvalue weighted by atomic mass is 9.87. The molecule has 0 atom stereocenters. The Hall–Kier alpha value is -2.25. The van der Waals surface area contributed by atoms with E-state index in [0.29, 0.717) is 15.7 Å². The van der Waals surface area contributed by atoms with Crippen molar-refractivity contribution >= 4 is 50.8 Å². The Labute approximate surface area is 165 Å². The number of carbonyl (C=O) groups is 2. The van der Waals surface area contributed by atoms with Crippen LogP contribution in [0.1, 0.15) is 47.1 Å². The molecule has 0 heterocycles. The Morgan fingerprint density at radius 2 is 1.69 bits per heavy atom. The molecule has 26 heavy (non-hydrogen) atoms. The molecule has 0 saturated carbocycles. The fourth-order valence-corrected chi connectivity index (χ4v) is 2.82. The number of hydrogen-bond acceptors (Lipinski definition) is 3. The van der Waals surface area contributed by atoms with Crippen molar-refractivity contribution in [1.82, 2.24) is 5.32 Å². The molecular formula is C19H19BrN2O3S. The summed E-state index contributed by atoms with van der Waals surface area (Å²) in [4.78, 5) is 23.6. The van der Waals surface area contributed by atoms with E-state index in [0.717, 1.165) is 5.56 Å². The van der Waals surface area contributed by atoms with Crippen molar-refractivity contribution in [2.75, 3.05) is 5.32 Å². The molecule has 5 nitrogen and oxygen atoms in total. The maximum Gasteiger partial charge on any atom is 0.337 e. The molecule has 0 fully saturated rings. The molecule has 1 amide bonds. The summed E-state index contributed by atoms with van der Waals surface area (Å²) in [6.45, 7) is 6.29. The highest BCUT2D eigenvalue weighted by Gasteiger charge is 2.16. The van der Waals surface area contributed by atoms with Gasteiger partial charge in [0.05, 0.1) is 11.3 Å². The number of carboxylic acids is 1. The molecule has 0 aliphatic heterocycles. The lowest BCUT2D eigenvalue weighted by molar-refractivity contribution is 0.0697. The average molecular weight is 435 g/mol. The minimum absolute atomic E-state index is 0.000673. The number of amides is 1. The van der Waals surface area contributed by atoms with Gasteiger partial charge in [-0.1, -0.05) is 48.8 Å². The first kappa shape index (κ1) is 20.1. The molecule has 0 radical (unpaired) electrons. The lowest BCUT2D eigenvalue weighted by Gasteiger charge is -2.19. The van der Waals surface area contributed by atoms with E-state index in [9.17, 15) is 14.7 Å². The molecule has 0 spiro atoms. The molecule has 0 bridgehead atoms. The van der Waals surface area contributed by atoms with Crippen LogP contribution in [0.4, 0.5) is 5.69 Å². The Balaban J connectivity index is 2.08. The highest BCUT2D eigenvalue weighted by Crippen LogP contribution is 2.23. The van der Waals surface area contributed by atoms with E-state index in [-0.39, 0.29) is 22.0 Å². The number of halogens is 1. The van der Waals surface area contributed by atoms with Crippen molar-refractivity contribution in [3.8, 4) is 0 Å². The van der Waals surface area contributed by atoms with Crippen LogP contribution >= 0.6 is 28.1 Å². The van der Waals surface area contributed by atoms with Gasteiger partial charge in [0.15, 0.2) is 5.11 Å². The van der Waals surface area contributed by atoms with E-state index < -0.39 is 5.97 Å². The third kappa shape index (κ3) is 5.12. The maximum absolute atomic E-state index is 12.3. The SMILES string of the molecule is CC(C)(C)c1ccc(C(=O)NC(=S)Nc2ccc(Br)cc2C(=O)O)cc1. The maximum atomic E-state index is 12.3. The zero-order valence-corrected chi connectivity index (χ0v) is 17.0. The summed E-state index contributed by atoms with van der Waals surface area (Å²) < 4.78 is 0.634. The molecule has 0 saturated heterocycles. The van der Waals surface area contributed by atoms with Crippen LogP contribution < -0.4 is 10.6 Å². The second-order valence-electron chi connectivity index (χ2n) is 6.73. The number of benzene rings is 2. The molecule has 2 rings (SSSR count). The monoisotopic (exact) mass is 434 g/mol. The third-order valence-corrected chi connectivity index (χ3v) is 4.40. The normalized spacial score (nSPS) is 10.9. The quantitative estimate of drug-likeness (QED) is 0.616. The molecule has 0 unspecified atom stereocenters. The predicted octanol–water partition coefficient (Wildman–Crippen LogP) is 4.57. The Kier molecular flexibility index (Phi) is 6.15. The summed E-state index contributed by atoms with van der Waals surface area (Å²) in [6.07, 6.45) is 0. The number of carboxylic acid groups (broad SMARTS) is 1. The molecule has 3 N–H and O–H groups in total. The van der Waals surface area contributed by atoms with Crippen LogP contribution in [0.5, 0.6) is 0 Å². The summed E-state index contributed by atoms with van der Waals surface area (Å²) in [5.74, 6) is -1.46. The standard InChI is InChI=1S/C19H19BrN2O3S/c1-19(2,3)12-6-4-11(5-7-12)16(23)22-18(26)21-15-9-8-13(20)10-14(15)17(24)25/h4-10H,1-3H3,(H,24,25)(H2,21,22,23,26). The summed E-state index contributed by atoms with van der Waals surface area (Å²) >= 11 is 8.36. The van der Waals surface area contributed by atoms with Crippen LogP contribution in [0.25, 0.3) is 0 Å². The number of anilines is 1. The number of carbonyl (C=O) groups excluding carboxylic acids is 1. The van der Waals surface area contributed by atoms with Crippen molar-refractivity contribution in [3.05, 3.63) is 63.6 Å². The van der Waals surface area contributed by atoms with E-state index in [1.807, 2.05) is 12.1 Å². The van der Waals surface area contributed by atoms with Gasteiger partial charge in [-0.2, -0.15) is 0 Å². The molecule has 0 aliphatic carbocycles. The van der Waals surface area contributed by atoms with Gasteiger partial charge in [-0.15, -0.1) is 0 Å². The van der Waals surface area contributed by atoms with Crippen LogP contribution in [0.3, 0.4) is 0 Å². The van der Waals surface area contributed by atoms with Crippen LogP contribution in [-0.4, -0.2) is 22.1 Å². The average Bonchev–Trinajstić information content (AvgIpc) is 2.55. The van der Waals surface area contributed by atoms with Gasteiger partial charge >= 0.3 is 5.97 Å². The molecular weight excluding hydrogens is 416 g/mol. The summed E-state index contributed by atoms with van der Waals surface area (Å²) in [7, 11) is 0. The third-order valence-electron chi connectivity index (χ3n) is 3.70. The fraction of sp³-hybridized carbons (Fsp3) is 0.211. The van der Waals surface area contributed by atoms with E-state index >= 15 is 0 Å².